The van der Waals surface area contributed by atoms with Crippen molar-refractivity contribution in [2.45, 2.75) is 25.3 Å². The van der Waals surface area contributed by atoms with E-state index in [0.717, 1.165) is 24.0 Å². The molecule has 3 heterocycles. The van der Waals surface area contributed by atoms with Crippen LogP contribution in [0.15, 0.2) is 60.8 Å². The Morgan fingerprint density at radius 1 is 1.08 bits per heavy atom. The van der Waals surface area contributed by atoms with Crippen molar-refractivity contribution in [2.75, 3.05) is 44.7 Å². The Kier molecular flexibility index (Phi) is 7.10. The average molecular weight is 530 g/mol. The number of hydrogen-bond acceptors (Lipinski definition) is 8. The van der Waals surface area contributed by atoms with Crippen molar-refractivity contribution in [1.29, 1.82) is 0 Å². The molecular weight excluding hydrogens is 498 g/mol. The number of aromatic nitrogens is 4. The molecular formula is C28H31N7O4. The molecule has 202 valence electrons. The van der Waals surface area contributed by atoms with Crippen molar-refractivity contribution in [1.82, 2.24) is 24.9 Å². The fourth-order valence-electron chi connectivity index (χ4n) is 4.58. The summed E-state index contributed by atoms with van der Waals surface area (Å²) in [5.74, 6) is 1.03. The van der Waals surface area contributed by atoms with Gasteiger partial charge in [-0.3, -0.25) is 4.79 Å². The van der Waals surface area contributed by atoms with E-state index in [1.54, 1.807) is 10.7 Å². The van der Waals surface area contributed by atoms with Crippen LogP contribution in [0.5, 0.6) is 11.8 Å². The molecule has 2 aromatic carbocycles. The number of hydroxylamine groups is 3. The minimum Gasteiger partial charge on any atom is -0.633 e. The first-order valence-electron chi connectivity index (χ1n) is 13.4. The predicted octanol–water partition coefficient (Wildman–Crippen LogP) is 3.62. The van der Waals surface area contributed by atoms with Gasteiger partial charge in [0.2, 0.25) is 5.95 Å². The average Bonchev–Trinajstić information content (AvgIpc) is 3.67. The molecule has 11 heteroatoms. The Hall–Kier alpha value is -4.06. The monoisotopic (exact) mass is 529 g/mol. The fraction of sp³-hybridized carbons (Fsp3) is 0.357. The maximum atomic E-state index is 12.8. The van der Waals surface area contributed by atoms with Crippen LogP contribution in [0.1, 0.15) is 29.6 Å². The standard InChI is InChI=1S/C28H31N7O4/c36-26(31-22-11-12-22)21-9-7-20(8-10-21)24-19-30-34-25(24)32-28(39-23-5-2-1-3-6-23)33-27(34)29-13-4-14-35(37)15-17-38-18-16-35/h1-3,5-10,19,22H,4,11-18H2,(H,31,36)(H,29,32,33). The Bertz CT molecular complexity index is 1430. The van der Waals surface area contributed by atoms with Crippen molar-refractivity contribution in [2.24, 2.45) is 0 Å². The van der Waals surface area contributed by atoms with Gasteiger partial charge in [0.05, 0.1) is 26.0 Å². The van der Waals surface area contributed by atoms with Gasteiger partial charge in [-0.05, 0) is 42.7 Å². The minimum atomic E-state index is -0.232. The van der Waals surface area contributed by atoms with Crippen molar-refractivity contribution in [3.8, 4) is 22.9 Å². The third kappa shape index (κ3) is 6.00. The zero-order valence-corrected chi connectivity index (χ0v) is 21.6. The number of hydrogen-bond donors (Lipinski definition) is 2. The predicted molar refractivity (Wildman–Crippen MR) is 145 cm³/mol. The number of ether oxygens (including phenoxy) is 2. The molecule has 0 unspecified atom stereocenters. The van der Waals surface area contributed by atoms with Crippen molar-refractivity contribution in [3.05, 3.63) is 71.6 Å². The van der Waals surface area contributed by atoms with E-state index < -0.39 is 0 Å². The third-order valence-electron chi connectivity index (χ3n) is 6.98. The number of nitrogens with one attached hydrogen (secondary N) is 2. The van der Waals surface area contributed by atoms with E-state index >= 15 is 0 Å². The highest BCUT2D eigenvalue weighted by molar-refractivity contribution is 5.95. The Morgan fingerprint density at radius 2 is 1.85 bits per heavy atom. The first-order valence-corrected chi connectivity index (χ1v) is 13.4. The molecule has 4 aromatic rings. The summed E-state index contributed by atoms with van der Waals surface area (Å²) in [5.41, 5.74) is 2.83. The summed E-state index contributed by atoms with van der Waals surface area (Å²) >= 11 is 0. The van der Waals surface area contributed by atoms with E-state index in [9.17, 15) is 10.0 Å². The highest BCUT2D eigenvalue weighted by Crippen LogP contribution is 2.28. The number of amides is 1. The lowest BCUT2D eigenvalue weighted by Gasteiger charge is -2.45. The number of benzene rings is 2. The van der Waals surface area contributed by atoms with Gasteiger partial charge < -0.3 is 30.0 Å². The quantitative estimate of drug-likeness (QED) is 0.181. The molecule has 2 fully saturated rings. The van der Waals surface area contributed by atoms with Gasteiger partial charge in [-0.15, -0.1) is 0 Å². The second kappa shape index (κ2) is 11.0. The van der Waals surface area contributed by atoms with Crippen molar-refractivity contribution in [3.63, 3.8) is 0 Å². The van der Waals surface area contributed by atoms with Gasteiger partial charge in [-0.2, -0.15) is 19.6 Å². The van der Waals surface area contributed by atoms with Gasteiger partial charge in [0, 0.05) is 30.1 Å². The summed E-state index contributed by atoms with van der Waals surface area (Å²) in [5, 5.41) is 23.7. The smallest absolute Gasteiger partial charge is 0.327 e. The molecule has 1 aliphatic heterocycles. The number of carbonyl (C=O) groups is 1. The molecule has 11 nitrogen and oxygen atoms in total. The summed E-state index contributed by atoms with van der Waals surface area (Å²) in [6.45, 7) is 3.02. The highest BCUT2D eigenvalue weighted by Gasteiger charge is 2.24. The van der Waals surface area contributed by atoms with Crippen LogP contribution in [-0.4, -0.2) is 75.6 Å². The van der Waals surface area contributed by atoms with E-state index in [1.165, 1.54) is 0 Å². The van der Waals surface area contributed by atoms with Gasteiger partial charge in [0.15, 0.2) is 5.65 Å². The molecule has 1 aliphatic carbocycles. The van der Waals surface area contributed by atoms with Gasteiger partial charge in [0.25, 0.3) is 5.91 Å². The summed E-state index contributed by atoms with van der Waals surface area (Å²) in [6.07, 6.45) is 4.48. The number of rotatable bonds is 10. The van der Waals surface area contributed by atoms with Gasteiger partial charge in [-0.1, -0.05) is 30.3 Å². The Labute approximate surface area is 226 Å². The number of carbonyl (C=O) groups excluding carboxylic acids is 1. The van der Waals surface area contributed by atoms with Crippen molar-refractivity contribution < 1.29 is 18.9 Å². The van der Waals surface area contributed by atoms with Gasteiger partial charge >= 0.3 is 6.01 Å². The van der Waals surface area contributed by atoms with Crippen LogP contribution in [0.4, 0.5) is 5.95 Å². The molecule has 1 amide bonds. The zero-order valence-electron chi connectivity index (χ0n) is 21.6. The number of nitrogens with zero attached hydrogens (tertiary/aromatic N) is 5. The lowest BCUT2D eigenvalue weighted by atomic mass is 10.1. The first kappa shape index (κ1) is 25.2. The Morgan fingerprint density at radius 3 is 2.59 bits per heavy atom. The lowest BCUT2D eigenvalue weighted by Crippen LogP contribution is -2.51. The first-order chi connectivity index (χ1) is 19.1. The maximum Gasteiger partial charge on any atom is 0.327 e. The molecule has 0 bridgehead atoms. The highest BCUT2D eigenvalue weighted by atomic mass is 16.6. The van der Waals surface area contributed by atoms with Gasteiger partial charge in [-0.25, -0.2) is 0 Å². The zero-order chi connectivity index (χ0) is 26.7. The van der Waals surface area contributed by atoms with E-state index in [0.29, 0.717) is 74.8 Å². The molecule has 2 N–H and O–H groups in total. The summed E-state index contributed by atoms with van der Waals surface area (Å²) in [6, 6.07) is 17.2. The van der Waals surface area contributed by atoms with Crippen LogP contribution in [0.25, 0.3) is 16.8 Å². The molecule has 0 radical (unpaired) electrons. The summed E-state index contributed by atoms with van der Waals surface area (Å²) in [7, 11) is 0. The van der Waals surface area contributed by atoms with Crippen LogP contribution < -0.4 is 15.4 Å². The van der Waals surface area contributed by atoms with Gasteiger partial charge in [0.1, 0.15) is 18.8 Å². The lowest BCUT2D eigenvalue weighted by molar-refractivity contribution is -0.888. The second-order valence-electron chi connectivity index (χ2n) is 9.99. The van der Waals surface area contributed by atoms with E-state index in [-0.39, 0.29) is 16.6 Å². The number of fused-ring (bicyclic) bond motifs is 1. The molecule has 6 rings (SSSR count). The number of anilines is 1. The van der Waals surface area contributed by atoms with E-state index in [4.69, 9.17) is 9.47 Å². The van der Waals surface area contributed by atoms with Crippen molar-refractivity contribution >= 4 is 17.5 Å². The second-order valence-corrected chi connectivity index (χ2v) is 9.99. The number of morpholine rings is 1. The van der Waals surface area contributed by atoms with Crippen LogP contribution in [0, 0.1) is 5.21 Å². The molecule has 2 aliphatic rings. The number of quaternary nitrogens is 1. The topological polar surface area (TPSA) is 126 Å². The van der Waals surface area contributed by atoms with Crippen LogP contribution >= 0.6 is 0 Å². The van der Waals surface area contributed by atoms with Crippen LogP contribution in [-0.2, 0) is 4.74 Å². The van der Waals surface area contributed by atoms with Crippen LogP contribution in [0.2, 0.25) is 0 Å². The molecule has 0 atom stereocenters. The number of para-hydroxylation sites is 1. The molecule has 39 heavy (non-hydrogen) atoms. The molecule has 0 spiro atoms. The van der Waals surface area contributed by atoms with Crippen LogP contribution in [0.3, 0.4) is 0 Å². The minimum absolute atomic E-state index is 0.0597. The summed E-state index contributed by atoms with van der Waals surface area (Å²) in [4.78, 5) is 21.7. The molecule has 1 saturated carbocycles. The Balaban J connectivity index is 1.25. The van der Waals surface area contributed by atoms with E-state index in [1.807, 2.05) is 54.6 Å². The SMILES string of the molecule is O=C(NC1CC1)c1ccc(-c2cnn3c(NCCC[N+]4([O-])CCOCC4)nc(Oc4ccccc4)nc23)cc1. The molecule has 1 saturated heterocycles. The third-order valence-corrected chi connectivity index (χ3v) is 6.98. The van der Waals surface area contributed by atoms with E-state index in [2.05, 4.69) is 25.7 Å². The summed E-state index contributed by atoms with van der Waals surface area (Å²) < 4.78 is 12.7. The fourth-order valence-corrected chi connectivity index (χ4v) is 4.58. The normalized spacial score (nSPS) is 16.6. The molecule has 2 aromatic heterocycles. The largest absolute Gasteiger partial charge is 0.633 e. The maximum absolute atomic E-state index is 12.8.